The van der Waals surface area contributed by atoms with Crippen molar-refractivity contribution in [2.24, 2.45) is 11.7 Å². The number of nitrogens with two attached hydrogens (primary N) is 1. The van der Waals surface area contributed by atoms with Crippen molar-refractivity contribution in [2.45, 2.75) is 83.2 Å². The molecule has 2 atom stereocenters. The quantitative estimate of drug-likeness (QED) is 0.783. The van der Waals surface area contributed by atoms with Crippen molar-refractivity contribution in [1.82, 2.24) is 4.90 Å². The van der Waals surface area contributed by atoms with Gasteiger partial charge < -0.3 is 5.73 Å². The molecular weight excluding hydrogens is 220 g/mol. The van der Waals surface area contributed by atoms with Gasteiger partial charge in [-0.1, -0.05) is 33.1 Å². The van der Waals surface area contributed by atoms with E-state index >= 15 is 0 Å². The minimum Gasteiger partial charge on any atom is -0.329 e. The molecule has 0 amide bonds. The summed E-state index contributed by atoms with van der Waals surface area (Å²) in [6.07, 6.45) is 12.5. The van der Waals surface area contributed by atoms with Crippen LogP contribution in [0.4, 0.5) is 0 Å². The third-order valence-electron chi connectivity index (χ3n) is 5.61. The van der Waals surface area contributed by atoms with Crippen molar-refractivity contribution in [2.75, 3.05) is 13.1 Å². The fourth-order valence-corrected chi connectivity index (χ4v) is 4.57. The second-order valence-corrected chi connectivity index (χ2v) is 6.48. The highest BCUT2D eigenvalue weighted by Crippen LogP contribution is 2.40. The Balaban J connectivity index is 2.12. The molecule has 2 nitrogen and oxygen atoms in total. The molecule has 2 N–H and O–H groups in total. The summed E-state index contributed by atoms with van der Waals surface area (Å²) in [5, 5.41) is 0. The van der Waals surface area contributed by atoms with E-state index in [9.17, 15) is 0 Å². The second-order valence-electron chi connectivity index (χ2n) is 6.48. The predicted octanol–water partition coefficient (Wildman–Crippen LogP) is 3.55. The number of hydrogen-bond donors (Lipinski definition) is 1. The Morgan fingerprint density at radius 3 is 2.39 bits per heavy atom. The average molecular weight is 252 g/mol. The van der Waals surface area contributed by atoms with Crippen LogP contribution in [0.25, 0.3) is 0 Å². The van der Waals surface area contributed by atoms with Crippen LogP contribution in [0.2, 0.25) is 0 Å². The van der Waals surface area contributed by atoms with Gasteiger partial charge in [0.25, 0.3) is 0 Å². The zero-order chi connectivity index (χ0) is 13.0. The highest BCUT2D eigenvalue weighted by molar-refractivity contribution is 4.99. The topological polar surface area (TPSA) is 29.3 Å². The minimum absolute atomic E-state index is 0.304. The van der Waals surface area contributed by atoms with Gasteiger partial charge in [-0.25, -0.2) is 0 Å². The number of likely N-dealkylation sites (tertiary alicyclic amines) is 1. The highest BCUT2D eigenvalue weighted by atomic mass is 15.3. The highest BCUT2D eigenvalue weighted by Gasteiger charge is 2.43. The van der Waals surface area contributed by atoms with Crippen LogP contribution in [0.5, 0.6) is 0 Å². The van der Waals surface area contributed by atoms with Crippen molar-refractivity contribution in [1.29, 1.82) is 0 Å². The van der Waals surface area contributed by atoms with Crippen LogP contribution in [-0.4, -0.2) is 29.6 Å². The Labute approximate surface area is 113 Å². The fraction of sp³-hybridized carbons (Fsp3) is 1.00. The first kappa shape index (κ1) is 14.3. The van der Waals surface area contributed by atoms with Crippen molar-refractivity contribution >= 4 is 0 Å². The van der Waals surface area contributed by atoms with Crippen LogP contribution in [0.3, 0.4) is 0 Å². The molecule has 2 rings (SSSR count). The zero-order valence-corrected chi connectivity index (χ0v) is 12.5. The maximum Gasteiger partial charge on any atom is 0.0332 e. The molecule has 2 fully saturated rings. The summed E-state index contributed by atoms with van der Waals surface area (Å²) < 4.78 is 0. The summed E-state index contributed by atoms with van der Waals surface area (Å²) in [5.74, 6) is 0.974. The number of rotatable bonds is 6. The lowest BCUT2D eigenvalue weighted by Crippen LogP contribution is -2.56. The molecule has 1 saturated carbocycles. The second kappa shape index (κ2) is 6.38. The van der Waals surface area contributed by atoms with Crippen LogP contribution in [0, 0.1) is 5.92 Å². The SMILES string of the molecule is CCCC(CC)(CN)N1CCCC1C1CCCC1. The molecular formula is C16H32N2. The van der Waals surface area contributed by atoms with Gasteiger partial charge in [-0.3, -0.25) is 4.90 Å². The number of nitrogens with zero attached hydrogens (tertiary/aromatic N) is 1. The van der Waals surface area contributed by atoms with Gasteiger partial charge >= 0.3 is 0 Å². The summed E-state index contributed by atoms with van der Waals surface area (Å²) in [6.45, 7) is 6.79. The van der Waals surface area contributed by atoms with Gasteiger partial charge in [-0.05, 0) is 51.0 Å². The van der Waals surface area contributed by atoms with E-state index < -0.39 is 0 Å². The molecule has 2 unspecified atom stereocenters. The van der Waals surface area contributed by atoms with Crippen LogP contribution < -0.4 is 5.73 Å². The number of hydrogen-bond acceptors (Lipinski definition) is 2. The van der Waals surface area contributed by atoms with E-state index in [0.717, 1.165) is 18.5 Å². The van der Waals surface area contributed by atoms with Crippen LogP contribution in [-0.2, 0) is 0 Å². The van der Waals surface area contributed by atoms with E-state index in [-0.39, 0.29) is 0 Å². The predicted molar refractivity (Wildman–Crippen MR) is 78.7 cm³/mol. The van der Waals surface area contributed by atoms with E-state index in [1.54, 1.807) is 0 Å². The first-order chi connectivity index (χ1) is 8.77. The standard InChI is InChI=1S/C16H32N2/c1-3-11-16(4-2,13-17)18-12-7-10-15(18)14-8-5-6-9-14/h14-15H,3-13,17H2,1-2H3. The lowest BCUT2D eigenvalue weighted by Gasteiger charge is -2.46. The van der Waals surface area contributed by atoms with E-state index in [4.69, 9.17) is 5.73 Å². The zero-order valence-electron chi connectivity index (χ0n) is 12.5. The molecule has 106 valence electrons. The Hall–Kier alpha value is -0.0800. The smallest absolute Gasteiger partial charge is 0.0332 e. The Morgan fingerprint density at radius 1 is 1.11 bits per heavy atom. The normalized spacial score (nSPS) is 29.8. The largest absolute Gasteiger partial charge is 0.329 e. The summed E-state index contributed by atoms with van der Waals surface area (Å²) >= 11 is 0. The van der Waals surface area contributed by atoms with Gasteiger partial charge in [0.2, 0.25) is 0 Å². The minimum atomic E-state index is 0.304. The fourth-order valence-electron chi connectivity index (χ4n) is 4.57. The van der Waals surface area contributed by atoms with Crippen LogP contribution in [0.1, 0.15) is 71.6 Å². The lowest BCUT2D eigenvalue weighted by molar-refractivity contribution is 0.0427. The Kier molecular flexibility index (Phi) is 5.08. The summed E-state index contributed by atoms with van der Waals surface area (Å²) in [5.41, 5.74) is 6.51. The Morgan fingerprint density at radius 2 is 1.83 bits per heavy atom. The molecule has 2 heteroatoms. The van der Waals surface area contributed by atoms with Gasteiger partial charge in [0.15, 0.2) is 0 Å². The lowest BCUT2D eigenvalue weighted by atomic mass is 9.85. The molecule has 1 heterocycles. The van der Waals surface area contributed by atoms with Gasteiger partial charge in [0.1, 0.15) is 0 Å². The maximum atomic E-state index is 6.20. The average Bonchev–Trinajstić information content (AvgIpc) is 3.05. The molecule has 0 radical (unpaired) electrons. The third kappa shape index (κ3) is 2.60. The van der Waals surface area contributed by atoms with E-state index in [1.807, 2.05) is 0 Å². The summed E-state index contributed by atoms with van der Waals surface area (Å²) in [6, 6.07) is 0.850. The van der Waals surface area contributed by atoms with Crippen molar-refractivity contribution in [3.8, 4) is 0 Å². The first-order valence-electron chi connectivity index (χ1n) is 8.24. The molecule has 18 heavy (non-hydrogen) atoms. The van der Waals surface area contributed by atoms with E-state index in [1.165, 1.54) is 64.3 Å². The molecule has 1 aliphatic heterocycles. The molecule has 0 aromatic carbocycles. The molecule has 1 saturated heterocycles. The van der Waals surface area contributed by atoms with Gasteiger partial charge in [-0.15, -0.1) is 0 Å². The van der Waals surface area contributed by atoms with Gasteiger partial charge in [-0.2, -0.15) is 0 Å². The Bertz CT molecular complexity index is 241. The third-order valence-corrected chi connectivity index (χ3v) is 5.61. The van der Waals surface area contributed by atoms with Gasteiger partial charge in [0, 0.05) is 18.1 Å². The molecule has 1 aliphatic carbocycles. The first-order valence-corrected chi connectivity index (χ1v) is 8.24. The van der Waals surface area contributed by atoms with Crippen LogP contribution >= 0.6 is 0 Å². The van der Waals surface area contributed by atoms with Crippen LogP contribution in [0.15, 0.2) is 0 Å². The van der Waals surface area contributed by atoms with E-state index in [0.29, 0.717) is 5.54 Å². The van der Waals surface area contributed by atoms with Gasteiger partial charge in [0.05, 0.1) is 0 Å². The van der Waals surface area contributed by atoms with Crippen molar-refractivity contribution < 1.29 is 0 Å². The van der Waals surface area contributed by atoms with Crippen molar-refractivity contribution in [3.63, 3.8) is 0 Å². The van der Waals surface area contributed by atoms with E-state index in [2.05, 4.69) is 18.7 Å². The molecule has 0 aromatic heterocycles. The monoisotopic (exact) mass is 252 g/mol. The van der Waals surface area contributed by atoms with Crippen molar-refractivity contribution in [3.05, 3.63) is 0 Å². The summed E-state index contributed by atoms with van der Waals surface area (Å²) in [7, 11) is 0. The molecule has 2 aliphatic rings. The molecule has 0 aromatic rings. The maximum absolute atomic E-state index is 6.20. The molecule has 0 bridgehead atoms. The molecule has 0 spiro atoms. The summed E-state index contributed by atoms with van der Waals surface area (Å²) in [4.78, 5) is 2.84.